The molecule has 0 radical (unpaired) electrons. The molecule has 2 aromatic heterocycles. The maximum atomic E-state index is 12.4. The summed E-state index contributed by atoms with van der Waals surface area (Å²) in [5.41, 5.74) is 4.09. The van der Waals surface area contributed by atoms with E-state index in [9.17, 15) is 9.59 Å². The van der Waals surface area contributed by atoms with Crippen molar-refractivity contribution in [2.75, 3.05) is 17.2 Å². The van der Waals surface area contributed by atoms with Gasteiger partial charge in [-0.05, 0) is 54.4 Å². The Morgan fingerprint density at radius 2 is 1.94 bits per heavy atom. The van der Waals surface area contributed by atoms with E-state index < -0.39 is 0 Å². The van der Waals surface area contributed by atoms with E-state index in [0.717, 1.165) is 22.6 Å². The van der Waals surface area contributed by atoms with Gasteiger partial charge in [0, 0.05) is 36.3 Å². The van der Waals surface area contributed by atoms with E-state index in [1.807, 2.05) is 53.2 Å². The molecule has 4 aromatic rings. The van der Waals surface area contributed by atoms with Crippen molar-refractivity contribution in [2.45, 2.75) is 19.4 Å². The van der Waals surface area contributed by atoms with E-state index in [4.69, 9.17) is 9.47 Å². The highest BCUT2D eigenvalue weighted by molar-refractivity contribution is 5.94. The molecule has 2 aromatic carbocycles. The van der Waals surface area contributed by atoms with Crippen LogP contribution in [0.3, 0.4) is 0 Å². The molecule has 33 heavy (non-hydrogen) atoms. The first kappa shape index (κ1) is 20.6. The number of carbonyl (C=O) groups is 2. The van der Waals surface area contributed by atoms with Gasteiger partial charge in [-0.25, -0.2) is 4.98 Å². The largest absolute Gasteiger partial charge is 0.487 e. The summed E-state index contributed by atoms with van der Waals surface area (Å²) in [4.78, 5) is 28.3. The predicted molar refractivity (Wildman–Crippen MR) is 123 cm³/mol. The first-order valence-electron chi connectivity index (χ1n) is 10.6. The quantitative estimate of drug-likeness (QED) is 0.454. The van der Waals surface area contributed by atoms with Gasteiger partial charge in [-0.2, -0.15) is 0 Å². The van der Waals surface area contributed by atoms with E-state index >= 15 is 0 Å². The SMILES string of the molecule is O=C(COc1ccc2c(c1)CCC(=O)N2)Nc1cccc(OCc2cn3ccccc3n2)c1. The minimum absolute atomic E-state index is 0.0140. The standard InChI is InChI=1S/C25H22N4O4/c30-24-10-7-17-12-21(8-9-22(17)28-24)33-16-25(31)27-18-4-3-5-20(13-18)32-15-19-14-29-11-2-1-6-23(29)26-19/h1-6,8-9,11-14H,7,10,15-16H2,(H,27,31)(H,28,30). The summed E-state index contributed by atoms with van der Waals surface area (Å²) >= 11 is 0. The average Bonchev–Trinajstić information content (AvgIpc) is 3.25. The fraction of sp³-hybridized carbons (Fsp3) is 0.160. The van der Waals surface area contributed by atoms with Crippen molar-refractivity contribution in [1.29, 1.82) is 0 Å². The highest BCUT2D eigenvalue weighted by atomic mass is 16.5. The third kappa shape index (κ3) is 4.95. The van der Waals surface area contributed by atoms with Crippen LogP contribution in [-0.2, 0) is 22.6 Å². The average molecular weight is 442 g/mol. The van der Waals surface area contributed by atoms with Gasteiger partial charge in [0.05, 0.1) is 5.69 Å². The summed E-state index contributed by atoms with van der Waals surface area (Å²) in [6.45, 7) is 0.193. The molecule has 0 spiro atoms. The van der Waals surface area contributed by atoms with Crippen LogP contribution in [0.4, 0.5) is 11.4 Å². The molecule has 166 valence electrons. The number of fused-ring (bicyclic) bond motifs is 2. The maximum Gasteiger partial charge on any atom is 0.262 e. The summed E-state index contributed by atoms with van der Waals surface area (Å²) < 4.78 is 13.4. The number of nitrogens with zero attached hydrogens (tertiary/aromatic N) is 2. The first-order chi connectivity index (χ1) is 16.1. The van der Waals surface area contributed by atoms with Crippen LogP contribution < -0.4 is 20.1 Å². The van der Waals surface area contributed by atoms with Crippen molar-refractivity contribution >= 4 is 28.8 Å². The number of benzene rings is 2. The fourth-order valence-corrected chi connectivity index (χ4v) is 3.67. The number of nitrogens with one attached hydrogen (secondary N) is 2. The van der Waals surface area contributed by atoms with E-state index in [1.165, 1.54) is 0 Å². The highest BCUT2D eigenvalue weighted by Gasteiger charge is 2.15. The van der Waals surface area contributed by atoms with Crippen molar-refractivity contribution in [3.8, 4) is 11.5 Å². The van der Waals surface area contributed by atoms with Gasteiger partial charge >= 0.3 is 0 Å². The molecule has 8 heteroatoms. The Bertz CT molecular complexity index is 1300. The minimum Gasteiger partial charge on any atom is -0.487 e. The Hall–Kier alpha value is -4.33. The number of aryl methyl sites for hydroxylation is 1. The number of imidazole rings is 1. The molecule has 1 aliphatic rings. The Morgan fingerprint density at radius 1 is 1.03 bits per heavy atom. The van der Waals surface area contributed by atoms with E-state index in [0.29, 0.717) is 36.6 Å². The Morgan fingerprint density at radius 3 is 2.85 bits per heavy atom. The lowest BCUT2D eigenvalue weighted by molar-refractivity contribution is -0.118. The number of hydrogen-bond acceptors (Lipinski definition) is 5. The van der Waals surface area contributed by atoms with Gasteiger partial charge in [-0.1, -0.05) is 12.1 Å². The van der Waals surface area contributed by atoms with Crippen LogP contribution in [-0.4, -0.2) is 27.8 Å². The number of pyridine rings is 1. The second-order valence-corrected chi connectivity index (χ2v) is 7.72. The van der Waals surface area contributed by atoms with Gasteiger partial charge < -0.3 is 24.5 Å². The molecular formula is C25H22N4O4. The zero-order chi connectivity index (χ0) is 22.6. The van der Waals surface area contributed by atoms with Crippen LogP contribution >= 0.6 is 0 Å². The summed E-state index contributed by atoms with van der Waals surface area (Å²) in [5.74, 6) is 0.950. The van der Waals surface area contributed by atoms with Crippen molar-refractivity contribution in [1.82, 2.24) is 9.38 Å². The van der Waals surface area contributed by atoms with Crippen molar-refractivity contribution in [3.63, 3.8) is 0 Å². The lowest BCUT2D eigenvalue weighted by Gasteiger charge is -2.17. The molecular weight excluding hydrogens is 420 g/mol. The fourth-order valence-electron chi connectivity index (χ4n) is 3.67. The number of anilines is 2. The Labute approximate surface area is 190 Å². The number of aromatic nitrogens is 2. The Balaban J connectivity index is 1.15. The Kier molecular flexibility index (Phi) is 5.63. The molecule has 5 rings (SSSR count). The van der Waals surface area contributed by atoms with Gasteiger partial charge in [-0.3, -0.25) is 9.59 Å². The van der Waals surface area contributed by atoms with Gasteiger partial charge in [0.15, 0.2) is 6.61 Å². The van der Waals surface area contributed by atoms with Crippen LogP contribution in [0.1, 0.15) is 17.7 Å². The topological polar surface area (TPSA) is 94.0 Å². The first-order valence-corrected chi connectivity index (χ1v) is 10.6. The predicted octanol–water partition coefficient (Wildman–Crippen LogP) is 3.82. The van der Waals surface area contributed by atoms with Crippen LogP contribution in [0.2, 0.25) is 0 Å². The highest BCUT2D eigenvalue weighted by Crippen LogP contribution is 2.27. The summed E-state index contributed by atoms with van der Waals surface area (Å²) in [5, 5.41) is 5.65. The van der Waals surface area contributed by atoms with E-state index in [1.54, 1.807) is 24.3 Å². The molecule has 0 aliphatic carbocycles. The van der Waals surface area contributed by atoms with Crippen molar-refractivity contribution in [2.24, 2.45) is 0 Å². The van der Waals surface area contributed by atoms with Gasteiger partial charge in [0.25, 0.3) is 5.91 Å². The molecule has 0 bridgehead atoms. The minimum atomic E-state index is -0.279. The normalized spacial score (nSPS) is 12.7. The second-order valence-electron chi connectivity index (χ2n) is 7.72. The lowest BCUT2D eigenvalue weighted by atomic mass is 10.0. The molecule has 0 saturated carbocycles. The number of carbonyl (C=O) groups excluding carboxylic acids is 2. The molecule has 0 saturated heterocycles. The van der Waals surface area contributed by atoms with Crippen LogP contribution in [0, 0.1) is 0 Å². The molecule has 2 amide bonds. The summed E-state index contributed by atoms with van der Waals surface area (Å²) in [7, 11) is 0. The third-order valence-electron chi connectivity index (χ3n) is 5.26. The second kappa shape index (κ2) is 9.04. The smallest absolute Gasteiger partial charge is 0.262 e. The van der Waals surface area contributed by atoms with Crippen LogP contribution in [0.15, 0.2) is 73.1 Å². The molecule has 0 atom stereocenters. The number of hydrogen-bond donors (Lipinski definition) is 2. The molecule has 1 aliphatic heterocycles. The molecule has 8 nitrogen and oxygen atoms in total. The summed E-state index contributed by atoms with van der Waals surface area (Å²) in [6.07, 6.45) is 4.97. The third-order valence-corrected chi connectivity index (χ3v) is 5.26. The zero-order valence-electron chi connectivity index (χ0n) is 17.8. The maximum absolute atomic E-state index is 12.4. The van der Waals surface area contributed by atoms with Gasteiger partial charge in [0.2, 0.25) is 5.91 Å². The van der Waals surface area contributed by atoms with Crippen LogP contribution in [0.5, 0.6) is 11.5 Å². The molecule has 0 fully saturated rings. The lowest BCUT2D eigenvalue weighted by Crippen LogP contribution is -2.21. The molecule has 0 unspecified atom stereocenters. The number of rotatable bonds is 7. The van der Waals surface area contributed by atoms with Gasteiger partial charge in [-0.15, -0.1) is 0 Å². The monoisotopic (exact) mass is 442 g/mol. The van der Waals surface area contributed by atoms with Crippen molar-refractivity contribution < 1.29 is 19.1 Å². The van der Waals surface area contributed by atoms with Gasteiger partial charge in [0.1, 0.15) is 23.8 Å². The van der Waals surface area contributed by atoms with E-state index in [2.05, 4.69) is 15.6 Å². The zero-order valence-corrected chi connectivity index (χ0v) is 17.8. The summed E-state index contributed by atoms with van der Waals surface area (Å²) in [6, 6.07) is 18.4. The molecule has 2 N–H and O–H groups in total. The van der Waals surface area contributed by atoms with E-state index in [-0.39, 0.29) is 18.4 Å². The molecule has 3 heterocycles. The van der Waals surface area contributed by atoms with Crippen LogP contribution in [0.25, 0.3) is 5.65 Å². The number of amides is 2. The number of ether oxygens (including phenoxy) is 2. The van der Waals surface area contributed by atoms with Crippen molar-refractivity contribution in [3.05, 3.63) is 84.3 Å².